The molecule has 2 N–H and O–H groups in total. The fourth-order valence-electron chi connectivity index (χ4n) is 3.63. The van der Waals surface area contributed by atoms with Gasteiger partial charge in [0, 0.05) is 42.7 Å². The number of hydrogen-bond acceptors (Lipinski definition) is 5. The molecule has 1 aliphatic heterocycles. The maximum Gasteiger partial charge on any atom is 0.191 e. The third-order valence-corrected chi connectivity index (χ3v) is 6.44. The van der Waals surface area contributed by atoms with Crippen LogP contribution in [0.25, 0.3) is 0 Å². The van der Waals surface area contributed by atoms with Crippen LogP contribution < -0.4 is 15.5 Å². The smallest absolute Gasteiger partial charge is 0.191 e. The van der Waals surface area contributed by atoms with E-state index in [2.05, 4.69) is 84.8 Å². The monoisotopic (exact) mass is 429 g/mol. The van der Waals surface area contributed by atoms with E-state index in [0.717, 1.165) is 43.5 Å². The normalized spacial score (nSPS) is 20.3. The van der Waals surface area contributed by atoms with E-state index < -0.39 is 0 Å². The maximum absolute atomic E-state index is 5.82. The lowest BCUT2D eigenvalue weighted by Gasteiger charge is -2.36. The van der Waals surface area contributed by atoms with E-state index in [1.54, 1.807) is 11.3 Å². The molecule has 0 aromatic carbocycles. The van der Waals surface area contributed by atoms with Crippen molar-refractivity contribution in [3.8, 4) is 0 Å². The van der Waals surface area contributed by atoms with Crippen molar-refractivity contribution in [3.63, 3.8) is 0 Å². The minimum absolute atomic E-state index is 0.0555. The van der Waals surface area contributed by atoms with Crippen molar-refractivity contribution in [2.75, 3.05) is 31.1 Å². The highest BCUT2D eigenvalue weighted by atomic mass is 32.1. The van der Waals surface area contributed by atoms with Crippen LogP contribution in [-0.4, -0.2) is 49.3 Å². The summed E-state index contributed by atoms with van der Waals surface area (Å²) in [5, 5.41) is 8.97. The number of morpholine rings is 1. The molecule has 1 fully saturated rings. The van der Waals surface area contributed by atoms with Crippen molar-refractivity contribution in [2.24, 2.45) is 4.99 Å². The van der Waals surface area contributed by atoms with Crippen LogP contribution in [0.4, 0.5) is 5.82 Å². The third-order valence-electron chi connectivity index (χ3n) is 5.20. The van der Waals surface area contributed by atoms with Gasteiger partial charge in [0.15, 0.2) is 5.96 Å². The fourth-order valence-corrected chi connectivity index (χ4v) is 4.48. The van der Waals surface area contributed by atoms with Gasteiger partial charge in [-0.15, -0.1) is 11.3 Å². The molecule has 0 saturated carbocycles. The van der Waals surface area contributed by atoms with Crippen molar-refractivity contribution in [3.05, 3.63) is 46.3 Å². The topological polar surface area (TPSA) is 61.8 Å². The van der Waals surface area contributed by atoms with Crippen LogP contribution in [-0.2, 0) is 16.7 Å². The Hall–Kier alpha value is -2.12. The molecule has 164 valence electrons. The van der Waals surface area contributed by atoms with E-state index in [9.17, 15) is 0 Å². The summed E-state index contributed by atoms with van der Waals surface area (Å²) in [7, 11) is 0. The Balaban J connectivity index is 1.59. The van der Waals surface area contributed by atoms with Gasteiger partial charge in [-0.2, -0.15) is 0 Å². The first-order chi connectivity index (χ1) is 14.4. The Morgan fingerprint density at radius 2 is 2.00 bits per heavy atom. The van der Waals surface area contributed by atoms with Crippen molar-refractivity contribution < 1.29 is 4.74 Å². The number of nitrogens with one attached hydrogen (secondary N) is 2. The zero-order chi connectivity index (χ0) is 21.6. The van der Waals surface area contributed by atoms with Crippen LogP contribution in [0, 0.1) is 0 Å². The Morgan fingerprint density at radius 3 is 2.60 bits per heavy atom. The summed E-state index contributed by atoms with van der Waals surface area (Å²) in [6.45, 7) is 14.8. The van der Waals surface area contributed by atoms with Crippen LogP contribution in [0.3, 0.4) is 0 Å². The fraction of sp³-hybridized carbons (Fsp3) is 0.565. The van der Waals surface area contributed by atoms with E-state index in [1.165, 1.54) is 4.88 Å². The van der Waals surface area contributed by atoms with Crippen molar-refractivity contribution in [1.29, 1.82) is 0 Å². The van der Waals surface area contributed by atoms with Gasteiger partial charge >= 0.3 is 0 Å². The number of aromatic nitrogens is 1. The van der Waals surface area contributed by atoms with Crippen molar-refractivity contribution >= 4 is 23.1 Å². The van der Waals surface area contributed by atoms with Crippen LogP contribution in [0.2, 0.25) is 0 Å². The Morgan fingerprint density at radius 1 is 1.23 bits per heavy atom. The third kappa shape index (κ3) is 6.19. The minimum Gasteiger partial charge on any atom is -0.372 e. The van der Waals surface area contributed by atoms with E-state index >= 15 is 0 Å². The Labute approximate surface area is 184 Å². The molecule has 1 aliphatic rings. The second-order valence-corrected chi connectivity index (χ2v) is 9.54. The second kappa shape index (κ2) is 10.3. The van der Waals surface area contributed by atoms with Gasteiger partial charge in [0.25, 0.3) is 0 Å². The largest absolute Gasteiger partial charge is 0.372 e. The van der Waals surface area contributed by atoms with Gasteiger partial charge in [-0.05, 0) is 43.8 Å². The molecular formula is C23H35N5OS. The summed E-state index contributed by atoms with van der Waals surface area (Å²) in [4.78, 5) is 13.1. The van der Waals surface area contributed by atoms with Crippen LogP contribution in [0.5, 0.6) is 0 Å². The molecule has 3 rings (SSSR count). The summed E-state index contributed by atoms with van der Waals surface area (Å²) in [6.07, 6.45) is 2.39. The number of nitrogens with zero attached hydrogens (tertiary/aromatic N) is 3. The van der Waals surface area contributed by atoms with Gasteiger partial charge < -0.3 is 20.3 Å². The van der Waals surface area contributed by atoms with Gasteiger partial charge in [-0.1, -0.05) is 26.0 Å². The van der Waals surface area contributed by atoms with Gasteiger partial charge in [-0.3, -0.25) is 0 Å². The van der Waals surface area contributed by atoms with Gasteiger partial charge in [0.1, 0.15) is 5.82 Å². The SMILES string of the molecule is CCNC(=NCc1ccc(N2CC(C)OC(C)C2)nc1)NCC(C)(C)c1cccs1. The molecule has 0 aliphatic carbocycles. The molecule has 1 saturated heterocycles. The quantitative estimate of drug-likeness (QED) is 0.518. The number of ether oxygens (including phenoxy) is 1. The lowest BCUT2D eigenvalue weighted by molar-refractivity contribution is -0.00545. The number of guanidine groups is 1. The Bertz CT molecular complexity index is 794. The van der Waals surface area contributed by atoms with E-state index in [-0.39, 0.29) is 17.6 Å². The molecule has 2 unspecified atom stereocenters. The summed E-state index contributed by atoms with van der Waals surface area (Å²) in [5.74, 6) is 1.84. The lowest BCUT2D eigenvalue weighted by atomic mass is 9.91. The van der Waals surface area contributed by atoms with Crippen LogP contribution >= 0.6 is 11.3 Å². The summed E-state index contributed by atoms with van der Waals surface area (Å²) >= 11 is 1.80. The highest BCUT2D eigenvalue weighted by molar-refractivity contribution is 7.10. The molecule has 0 amide bonds. The molecule has 6 nitrogen and oxygen atoms in total. The van der Waals surface area contributed by atoms with E-state index in [0.29, 0.717) is 6.54 Å². The van der Waals surface area contributed by atoms with Gasteiger partial charge in [-0.25, -0.2) is 9.98 Å². The second-order valence-electron chi connectivity index (χ2n) is 8.60. The summed E-state index contributed by atoms with van der Waals surface area (Å²) < 4.78 is 5.82. The number of pyridine rings is 1. The average molecular weight is 430 g/mol. The predicted octanol–water partition coefficient (Wildman–Crippen LogP) is 3.79. The molecular weight excluding hydrogens is 394 g/mol. The lowest BCUT2D eigenvalue weighted by Crippen LogP contribution is -2.45. The van der Waals surface area contributed by atoms with Crippen LogP contribution in [0.1, 0.15) is 45.1 Å². The Kier molecular flexibility index (Phi) is 7.72. The molecule has 2 aromatic heterocycles. The molecule has 7 heteroatoms. The first-order valence-electron chi connectivity index (χ1n) is 10.8. The zero-order valence-corrected chi connectivity index (χ0v) is 19.6. The van der Waals surface area contributed by atoms with Crippen molar-refractivity contribution in [2.45, 2.75) is 58.8 Å². The number of hydrogen-bond donors (Lipinski definition) is 2. The molecule has 0 bridgehead atoms. The molecule has 2 aromatic rings. The molecule has 30 heavy (non-hydrogen) atoms. The summed E-state index contributed by atoms with van der Waals surface area (Å²) in [6, 6.07) is 8.52. The predicted molar refractivity (Wildman–Crippen MR) is 127 cm³/mol. The first-order valence-corrected chi connectivity index (χ1v) is 11.7. The standard InChI is InChI=1S/C23H35N5OS/c1-6-24-22(27-16-23(4,5)20-8-7-11-30-20)26-13-19-9-10-21(25-12-19)28-14-17(2)29-18(3)15-28/h7-12,17-18H,6,13-16H2,1-5H3,(H2,24,26,27). The number of aliphatic imine (C=N–C) groups is 1. The highest BCUT2D eigenvalue weighted by Gasteiger charge is 2.23. The van der Waals surface area contributed by atoms with Gasteiger partial charge in [0.05, 0.1) is 18.8 Å². The highest BCUT2D eigenvalue weighted by Crippen LogP contribution is 2.26. The van der Waals surface area contributed by atoms with E-state index in [1.807, 2.05) is 6.20 Å². The molecule has 0 radical (unpaired) electrons. The van der Waals surface area contributed by atoms with Crippen molar-refractivity contribution in [1.82, 2.24) is 15.6 Å². The molecule has 0 spiro atoms. The molecule has 3 heterocycles. The zero-order valence-electron chi connectivity index (χ0n) is 18.8. The van der Waals surface area contributed by atoms with Gasteiger partial charge in [0.2, 0.25) is 0 Å². The summed E-state index contributed by atoms with van der Waals surface area (Å²) in [5.41, 5.74) is 1.16. The first kappa shape index (κ1) is 22.6. The molecule has 2 atom stereocenters. The maximum atomic E-state index is 5.82. The minimum atomic E-state index is 0.0555. The van der Waals surface area contributed by atoms with Crippen LogP contribution in [0.15, 0.2) is 40.8 Å². The van der Waals surface area contributed by atoms with E-state index in [4.69, 9.17) is 9.73 Å². The number of rotatable bonds is 7. The average Bonchev–Trinajstić information content (AvgIpc) is 3.26. The number of anilines is 1. The number of thiophene rings is 1.